The minimum atomic E-state index is -0.578. The van der Waals surface area contributed by atoms with Gasteiger partial charge in [-0.1, -0.05) is 12.2 Å². The van der Waals surface area contributed by atoms with Crippen LogP contribution < -0.4 is 10.6 Å². The van der Waals surface area contributed by atoms with E-state index >= 15 is 0 Å². The molecule has 106 valence electrons. The van der Waals surface area contributed by atoms with Crippen LogP contribution in [0.25, 0.3) is 0 Å². The topological polar surface area (TPSA) is 67.3 Å². The van der Waals surface area contributed by atoms with E-state index in [1.807, 2.05) is 25.6 Å². The Balaban J connectivity index is 2.34. The van der Waals surface area contributed by atoms with Crippen molar-refractivity contribution in [3.63, 3.8) is 0 Å². The van der Waals surface area contributed by atoms with Crippen molar-refractivity contribution in [1.29, 1.82) is 0 Å². The van der Waals surface area contributed by atoms with Gasteiger partial charge in [-0.2, -0.15) is 5.10 Å². The van der Waals surface area contributed by atoms with Crippen LogP contribution in [-0.4, -0.2) is 38.6 Å². The van der Waals surface area contributed by atoms with Crippen molar-refractivity contribution in [3.8, 4) is 0 Å². The maximum atomic E-state index is 10.2. The van der Waals surface area contributed by atoms with Crippen molar-refractivity contribution < 1.29 is 5.11 Å². The molecule has 0 aliphatic carbocycles. The van der Waals surface area contributed by atoms with Crippen LogP contribution in [0.1, 0.15) is 37.4 Å². The van der Waals surface area contributed by atoms with Crippen molar-refractivity contribution in [2.75, 3.05) is 18.0 Å². The fourth-order valence-electron chi connectivity index (χ4n) is 2.77. The Bertz CT molecular complexity index is 495. The summed E-state index contributed by atoms with van der Waals surface area (Å²) in [5.74, 6) is 0.975. The van der Waals surface area contributed by atoms with Crippen LogP contribution in [0.5, 0.6) is 0 Å². The number of aromatic nitrogens is 2. The SMILES string of the molecule is Cc1nn(C)c(N2CCCC(C)(O)CC2)c1C(N)=S. The molecule has 1 aliphatic heterocycles. The van der Waals surface area contributed by atoms with Gasteiger partial charge in [-0.15, -0.1) is 0 Å². The molecule has 0 spiro atoms. The number of aryl methyl sites for hydroxylation is 2. The van der Waals surface area contributed by atoms with Gasteiger partial charge in [0.15, 0.2) is 0 Å². The lowest BCUT2D eigenvalue weighted by atomic mass is 9.98. The predicted octanol–water partition coefficient (Wildman–Crippen LogP) is 1.10. The third-order valence-corrected chi connectivity index (χ3v) is 4.01. The minimum Gasteiger partial charge on any atom is -0.390 e. The molecule has 0 aromatic carbocycles. The van der Waals surface area contributed by atoms with E-state index in [2.05, 4.69) is 10.00 Å². The quantitative estimate of drug-likeness (QED) is 0.795. The summed E-state index contributed by atoms with van der Waals surface area (Å²) < 4.78 is 1.84. The number of nitrogens with zero attached hydrogens (tertiary/aromatic N) is 3. The number of thiocarbonyl (C=S) groups is 1. The van der Waals surface area contributed by atoms with E-state index in [-0.39, 0.29) is 0 Å². The van der Waals surface area contributed by atoms with Crippen LogP contribution in [0.15, 0.2) is 0 Å². The fourth-order valence-corrected chi connectivity index (χ4v) is 3.01. The Morgan fingerprint density at radius 2 is 2.11 bits per heavy atom. The molecule has 3 N–H and O–H groups in total. The highest BCUT2D eigenvalue weighted by Crippen LogP contribution is 2.28. The minimum absolute atomic E-state index is 0.386. The molecule has 0 bridgehead atoms. The molecule has 2 heterocycles. The van der Waals surface area contributed by atoms with Crippen LogP contribution in [-0.2, 0) is 7.05 Å². The van der Waals surface area contributed by atoms with Crippen LogP contribution >= 0.6 is 12.2 Å². The zero-order valence-electron chi connectivity index (χ0n) is 11.8. The summed E-state index contributed by atoms with van der Waals surface area (Å²) in [5, 5.41) is 14.6. The summed E-state index contributed by atoms with van der Waals surface area (Å²) in [6.45, 7) is 5.51. The number of nitrogens with two attached hydrogens (primary N) is 1. The monoisotopic (exact) mass is 282 g/mol. The predicted molar refractivity (Wildman–Crippen MR) is 80.5 cm³/mol. The number of hydrogen-bond acceptors (Lipinski definition) is 4. The van der Waals surface area contributed by atoms with Crippen LogP contribution in [0.2, 0.25) is 0 Å². The summed E-state index contributed by atoms with van der Waals surface area (Å²) >= 11 is 5.15. The highest BCUT2D eigenvalue weighted by Gasteiger charge is 2.28. The summed E-state index contributed by atoms with van der Waals surface area (Å²) in [6.07, 6.45) is 2.52. The van der Waals surface area contributed by atoms with Gasteiger partial charge in [0, 0.05) is 20.1 Å². The number of anilines is 1. The third kappa shape index (κ3) is 2.90. The Morgan fingerprint density at radius 3 is 2.74 bits per heavy atom. The van der Waals surface area contributed by atoms with Crippen LogP contribution in [0.4, 0.5) is 5.82 Å². The first kappa shape index (κ1) is 14.3. The molecule has 1 aromatic heterocycles. The molecule has 0 amide bonds. The zero-order chi connectivity index (χ0) is 14.2. The zero-order valence-corrected chi connectivity index (χ0v) is 12.6. The number of rotatable bonds is 2. The van der Waals surface area contributed by atoms with Crippen LogP contribution in [0.3, 0.4) is 0 Å². The molecule has 1 aliphatic rings. The molecular formula is C13H22N4OS. The second-order valence-electron chi connectivity index (χ2n) is 5.61. The summed E-state index contributed by atoms with van der Waals surface area (Å²) in [4.78, 5) is 2.62. The average molecular weight is 282 g/mol. The smallest absolute Gasteiger partial charge is 0.137 e. The lowest BCUT2D eigenvalue weighted by molar-refractivity contribution is 0.0481. The molecule has 1 fully saturated rings. The van der Waals surface area contributed by atoms with E-state index in [9.17, 15) is 5.11 Å². The summed E-state index contributed by atoms with van der Waals surface area (Å²) in [6, 6.07) is 0. The normalized spacial score (nSPS) is 24.3. The van der Waals surface area contributed by atoms with Gasteiger partial charge in [0.05, 0.1) is 16.9 Å². The average Bonchev–Trinajstić information content (AvgIpc) is 2.47. The van der Waals surface area contributed by atoms with Crippen molar-refractivity contribution in [2.24, 2.45) is 12.8 Å². The van der Waals surface area contributed by atoms with E-state index < -0.39 is 5.60 Å². The molecule has 6 heteroatoms. The van der Waals surface area contributed by atoms with E-state index in [1.165, 1.54) is 0 Å². The Hall–Kier alpha value is -1.14. The summed E-state index contributed by atoms with van der Waals surface area (Å²) in [7, 11) is 1.91. The molecule has 0 radical (unpaired) electrons. The molecule has 5 nitrogen and oxygen atoms in total. The number of aliphatic hydroxyl groups is 1. The first-order valence-corrected chi connectivity index (χ1v) is 7.03. The third-order valence-electron chi connectivity index (χ3n) is 3.80. The molecule has 1 unspecified atom stereocenters. The van der Waals surface area contributed by atoms with Gasteiger partial charge in [-0.3, -0.25) is 4.68 Å². The Kier molecular flexibility index (Phi) is 3.82. The maximum absolute atomic E-state index is 10.2. The molecule has 2 rings (SSSR count). The van der Waals surface area contributed by atoms with Crippen molar-refractivity contribution in [3.05, 3.63) is 11.3 Å². The molecule has 19 heavy (non-hydrogen) atoms. The van der Waals surface area contributed by atoms with Gasteiger partial charge in [-0.25, -0.2) is 0 Å². The van der Waals surface area contributed by atoms with Gasteiger partial charge >= 0.3 is 0 Å². The van der Waals surface area contributed by atoms with E-state index in [4.69, 9.17) is 18.0 Å². The second-order valence-corrected chi connectivity index (χ2v) is 6.05. The molecule has 1 aromatic rings. The van der Waals surface area contributed by atoms with Gasteiger partial charge in [0.25, 0.3) is 0 Å². The number of hydrogen-bond donors (Lipinski definition) is 2. The standard InChI is InChI=1S/C13H22N4OS/c1-9-10(11(14)19)12(16(3)15-9)17-7-4-5-13(2,18)6-8-17/h18H,4-8H2,1-3H3,(H2,14,19). The largest absolute Gasteiger partial charge is 0.390 e. The van der Waals surface area contributed by atoms with E-state index in [0.29, 0.717) is 4.99 Å². The van der Waals surface area contributed by atoms with Gasteiger partial charge in [-0.05, 0) is 33.1 Å². The van der Waals surface area contributed by atoms with Gasteiger partial charge in [0.2, 0.25) is 0 Å². The molecule has 1 atom stereocenters. The van der Waals surface area contributed by atoms with Gasteiger partial charge in [0.1, 0.15) is 10.8 Å². The van der Waals surface area contributed by atoms with Gasteiger partial charge < -0.3 is 15.7 Å². The lowest BCUT2D eigenvalue weighted by Gasteiger charge is -2.25. The highest BCUT2D eigenvalue weighted by atomic mass is 32.1. The van der Waals surface area contributed by atoms with E-state index in [0.717, 1.165) is 49.4 Å². The van der Waals surface area contributed by atoms with Crippen LogP contribution in [0, 0.1) is 6.92 Å². The Labute approximate surface area is 119 Å². The van der Waals surface area contributed by atoms with Crippen molar-refractivity contribution in [2.45, 2.75) is 38.7 Å². The molecular weight excluding hydrogens is 260 g/mol. The lowest BCUT2D eigenvalue weighted by Crippen LogP contribution is -2.31. The molecule has 0 saturated carbocycles. The Morgan fingerprint density at radius 1 is 1.42 bits per heavy atom. The first-order valence-electron chi connectivity index (χ1n) is 6.62. The van der Waals surface area contributed by atoms with Crippen molar-refractivity contribution >= 4 is 23.0 Å². The van der Waals surface area contributed by atoms with Crippen molar-refractivity contribution in [1.82, 2.24) is 9.78 Å². The van der Waals surface area contributed by atoms with E-state index in [1.54, 1.807) is 0 Å². The maximum Gasteiger partial charge on any atom is 0.137 e. The fraction of sp³-hybridized carbons (Fsp3) is 0.692. The first-order chi connectivity index (χ1) is 8.82. The highest BCUT2D eigenvalue weighted by molar-refractivity contribution is 7.80. The molecule has 1 saturated heterocycles. The second kappa shape index (κ2) is 5.09. The summed E-state index contributed by atoms with van der Waals surface area (Å²) in [5.41, 5.74) is 6.97.